The van der Waals surface area contributed by atoms with Crippen molar-refractivity contribution in [3.8, 4) is 33.4 Å². The Morgan fingerprint density at radius 2 is 0.917 bits per heavy atom. The van der Waals surface area contributed by atoms with Gasteiger partial charge in [-0.1, -0.05) is 147 Å². The van der Waals surface area contributed by atoms with E-state index >= 15 is 0 Å². The van der Waals surface area contributed by atoms with Crippen molar-refractivity contribution in [3.05, 3.63) is 196 Å². The third kappa shape index (κ3) is 3.47. The molecule has 0 aromatic heterocycles. The molecule has 0 bridgehead atoms. The van der Waals surface area contributed by atoms with Gasteiger partial charge in [0, 0.05) is 27.4 Å². The maximum atomic E-state index is 7.28. The van der Waals surface area contributed by atoms with Crippen LogP contribution in [0.15, 0.2) is 158 Å². The van der Waals surface area contributed by atoms with Crippen LogP contribution < -0.4 is 4.90 Å². The Kier molecular flexibility index (Phi) is 5.67. The minimum absolute atomic E-state index is 0.117. The molecule has 3 aliphatic rings. The van der Waals surface area contributed by atoms with Crippen LogP contribution in [0.4, 0.5) is 17.1 Å². The Morgan fingerprint density at radius 1 is 0.417 bits per heavy atom. The lowest BCUT2D eigenvalue weighted by molar-refractivity contribution is 0.660. The summed E-state index contributed by atoms with van der Waals surface area (Å²) >= 11 is 7.28. The van der Waals surface area contributed by atoms with Gasteiger partial charge in [0.1, 0.15) is 0 Å². The lowest BCUT2D eigenvalue weighted by Gasteiger charge is -2.32. The van der Waals surface area contributed by atoms with Crippen LogP contribution in [-0.4, -0.2) is 0 Å². The molecule has 2 heteroatoms. The molecule has 228 valence electrons. The standard InChI is InChI=1S/C46H32ClN/c1-45(2)37-20-10-6-16-32(37)35-25-24-31(28-41(35)45)48(30-14-4-3-5-15-30)43-27-29(47)26-42-44(43)36-19-9-13-23-40(36)46(42)38-21-11-7-17-33(38)34-18-8-12-22-39(34)46/h3-28H,1-2H3. The maximum absolute atomic E-state index is 7.28. The van der Waals surface area contributed by atoms with Crippen molar-refractivity contribution in [1.29, 1.82) is 0 Å². The van der Waals surface area contributed by atoms with Gasteiger partial charge in [0.25, 0.3) is 0 Å². The molecule has 0 fully saturated rings. The Bertz CT molecular complexity index is 2410. The van der Waals surface area contributed by atoms with Gasteiger partial charge in [-0.2, -0.15) is 0 Å². The summed E-state index contributed by atoms with van der Waals surface area (Å²) < 4.78 is 0. The van der Waals surface area contributed by atoms with Crippen LogP contribution in [0, 0.1) is 0 Å². The molecule has 0 N–H and O–H groups in total. The summed E-state index contributed by atoms with van der Waals surface area (Å²) in [5.41, 5.74) is 18.3. The molecule has 1 spiro atoms. The molecule has 0 amide bonds. The average Bonchev–Trinajstić information content (AvgIpc) is 3.68. The number of nitrogens with zero attached hydrogens (tertiary/aromatic N) is 1. The van der Waals surface area contributed by atoms with E-state index in [-0.39, 0.29) is 5.41 Å². The van der Waals surface area contributed by atoms with E-state index in [4.69, 9.17) is 11.6 Å². The van der Waals surface area contributed by atoms with E-state index in [1.54, 1.807) is 0 Å². The zero-order chi connectivity index (χ0) is 32.2. The van der Waals surface area contributed by atoms with Crippen molar-refractivity contribution in [2.75, 3.05) is 4.90 Å². The summed E-state index contributed by atoms with van der Waals surface area (Å²) in [6.45, 7) is 4.70. The fourth-order valence-corrected chi connectivity index (χ4v) is 9.38. The molecule has 0 saturated carbocycles. The van der Waals surface area contributed by atoms with E-state index in [2.05, 4.69) is 176 Å². The maximum Gasteiger partial charge on any atom is 0.0726 e. The van der Waals surface area contributed by atoms with Gasteiger partial charge in [0.05, 0.1) is 11.1 Å². The fraction of sp³-hybridized carbons (Fsp3) is 0.0870. The van der Waals surface area contributed by atoms with Gasteiger partial charge in [-0.25, -0.2) is 0 Å². The number of para-hydroxylation sites is 1. The highest BCUT2D eigenvalue weighted by molar-refractivity contribution is 6.31. The smallest absolute Gasteiger partial charge is 0.0726 e. The average molecular weight is 634 g/mol. The molecular weight excluding hydrogens is 602 g/mol. The molecule has 7 aromatic rings. The molecule has 0 heterocycles. The molecule has 48 heavy (non-hydrogen) atoms. The summed E-state index contributed by atoms with van der Waals surface area (Å²) in [6.07, 6.45) is 0. The molecule has 7 aromatic carbocycles. The van der Waals surface area contributed by atoms with Gasteiger partial charge in [0.15, 0.2) is 0 Å². The first kappa shape index (κ1) is 27.7. The number of anilines is 3. The van der Waals surface area contributed by atoms with Crippen LogP contribution in [0.25, 0.3) is 33.4 Å². The first-order chi connectivity index (χ1) is 23.5. The number of benzene rings is 7. The van der Waals surface area contributed by atoms with Gasteiger partial charge in [0.2, 0.25) is 0 Å². The topological polar surface area (TPSA) is 3.24 Å². The Labute approximate surface area is 286 Å². The SMILES string of the molecule is CC1(C)c2ccccc2-c2ccc(N(c3ccccc3)c3cc(Cl)cc4c3-c3ccccc3C43c4ccccc4-c4ccccc43)cc21. The highest BCUT2D eigenvalue weighted by atomic mass is 35.5. The zero-order valence-electron chi connectivity index (χ0n) is 26.8. The summed E-state index contributed by atoms with van der Waals surface area (Å²) in [5, 5.41) is 0.729. The third-order valence-electron chi connectivity index (χ3n) is 11.1. The molecule has 10 rings (SSSR count). The van der Waals surface area contributed by atoms with Gasteiger partial charge in [-0.15, -0.1) is 0 Å². The van der Waals surface area contributed by atoms with E-state index in [1.165, 1.54) is 66.8 Å². The van der Waals surface area contributed by atoms with Crippen LogP contribution >= 0.6 is 11.6 Å². The van der Waals surface area contributed by atoms with Crippen molar-refractivity contribution in [2.24, 2.45) is 0 Å². The van der Waals surface area contributed by atoms with Gasteiger partial charge < -0.3 is 4.90 Å². The second-order valence-corrected chi connectivity index (χ2v) is 14.2. The van der Waals surface area contributed by atoms with E-state index in [0.717, 1.165) is 22.1 Å². The number of rotatable bonds is 3. The van der Waals surface area contributed by atoms with Crippen molar-refractivity contribution in [2.45, 2.75) is 24.7 Å². The normalized spacial score (nSPS) is 14.9. The zero-order valence-corrected chi connectivity index (χ0v) is 27.6. The van der Waals surface area contributed by atoms with E-state index < -0.39 is 5.41 Å². The van der Waals surface area contributed by atoms with Crippen LogP contribution in [0.2, 0.25) is 5.02 Å². The van der Waals surface area contributed by atoms with Crippen molar-refractivity contribution < 1.29 is 0 Å². The first-order valence-electron chi connectivity index (χ1n) is 16.7. The molecule has 3 aliphatic carbocycles. The molecular formula is C46H32ClN. The second kappa shape index (κ2) is 9.83. The predicted molar refractivity (Wildman–Crippen MR) is 200 cm³/mol. The summed E-state index contributed by atoms with van der Waals surface area (Å²) in [6, 6.07) is 57.8. The fourth-order valence-electron chi connectivity index (χ4n) is 9.17. The lowest BCUT2D eigenvalue weighted by Crippen LogP contribution is -2.26. The minimum atomic E-state index is -0.470. The van der Waals surface area contributed by atoms with Gasteiger partial charge in [-0.05, 0) is 97.6 Å². The number of fused-ring (bicyclic) bond motifs is 13. The molecule has 0 radical (unpaired) electrons. The van der Waals surface area contributed by atoms with Crippen molar-refractivity contribution in [3.63, 3.8) is 0 Å². The molecule has 0 aliphatic heterocycles. The van der Waals surface area contributed by atoms with Crippen LogP contribution in [0.3, 0.4) is 0 Å². The quantitative estimate of drug-likeness (QED) is 0.187. The van der Waals surface area contributed by atoms with E-state index in [0.29, 0.717) is 0 Å². The Balaban J connectivity index is 1.29. The lowest BCUT2D eigenvalue weighted by atomic mass is 9.70. The van der Waals surface area contributed by atoms with Gasteiger partial charge in [-0.3, -0.25) is 0 Å². The highest BCUT2D eigenvalue weighted by Gasteiger charge is 2.52. The largest absolute Gasteiger partial charge is 0.310 e. The third-order valence-corrected chi connectivity index (χ3v) is 11.3. The van der Waals surface area contributed by atoms with E-state index in [1.807, 2.05) is 0 Å². The molecule has 0 atom stereocenters. The van der Waals surface area contributed by atoms with Crippen LogP contribution in [0.5, 0.6) is 0 Å². The Morgan fingerprint density at radius 3 is 1.56 bits per heavy atom. The molecule has 0 unspecified atom stereocenters. The first-order valence-corrected chi connectivity index (χ1v) is 17.1. The van der Waals surface area contributed by atoms with Crippen molar-refractivity contribution >= 4 is 28.7 Å². The second-order valence-electron chi connectivity index (χ2n) is 13.8. The monoisotopic (exact) mass is 633 g/mol. The van der Waals surface area contributed by atoms with Crippen LogP contribution in [-0.2, 0) is 10.8 Å². The van der Waals surface area contributed by atoms with Crippen LogP contribution in [0.1, 0.15) is 47.2 Å². The molecule has 1 nitrogen and oxygen atoms in total. The minimum Gasteiger partial charge on any atom is -0.310 e. The van der Waals surface area contributed by atoms with Crippen molar-refractivity contribution in [1.82, 2.24) is 0 Å². The summed E-state index contributed by atoms with van der Waals surface area (Å²) in [7, 11) is 0. The number of hydrogen-bond acceptors (Lipinski definition) is 1. The summed E-state index contributed by atoms with van der Waals surface area (Å²) in [5.74, 6) is 0. The Hall–Kier alpha value is -5.37. The van der Waals surface area contributed by atoms with E-state index in [9.17, 15) is 0 Å². The number of hydrogen-bond donors (Lipinski definition) is 0. The number of halogens is 1. The molecule has 0 saturated heterocycles. The highest BCUT2D eigenvalue weighted by Crippen LogP contribution is 2.65. The predicted octanol–water partition coefficient (Wildman–Crippen LogP) is 12.5. The summed E-state index contributed by atoms with van der Waals surface area (Å²) in [4.78, 5) is 2.42. The van der Waals surface area contributed by atoms with Gasteiger partial charge >= 0.3 is 0 Å².